The summed E-state index contributed by atoms with van der Waals surface area (Å²) in [6.45, 7) is 4.50. The number of hydrogen-bond donors (Lipinski definition) is 2. The second-order valence-corrected chi connectivity index (χ2v) is 3.70. The molecule has 1 rings (SSSR count). The lowest BCUT2D eigenvalue weighted by Gasteiger charge is -2.13. The Bertz CT molecular complexity index is 289. The van der Waals surface area contributed by atoms with Crippen molar-refractivity contribution in [2.75, 3.05) is 11.9 Å². The third-order valence-corrected chi connectivity index (χ3v) is 2.65. The van der Waals surface area contributed by atoms with Crippen LogP contribution in [-0.2, 0) is 0 Å². The van der Waals surface area contributed by atoms with E-state index in [1.165, 1.54) is 6.33 Å². The SMILES string of the molecule is Cc1ncnc(NC(C)CN)c1Br. The van der Waals surface area contributed by atoms with E-state index in [0.29, 0.717) is 6.54 Å². The molecule has 72 valence electrons. The lowest BCUT2D eigenvalue weighted by molar-refractivity contribution is 0.795. The van der Waals surface area contributed by atoms with Gasteiger partial charge >= 0.3 is 0 Å². The van der Waals surface area contributed by atoms with Crippen LogP contribution in [0.3, 0.4) is 0 Å². The number of nitrogens with two attached hydrogens (primary N) is 1. The Morgan fingerprint density at radius 3 is 2.92 bits per heavy atom. The van der Waals surface area contributed by atoms with Crippen molar-refractivity contribution in [1.29, 1.82) is 0 Å². The van der Waals surface area contributed by atoms with Crippen molar-refractivity contribution in [3.8, 4) is 0 Å². The van der Waals surface area contributed by atoms with Gasteiger partial charge in [-0.3, -0.25) is 0 Å². The van der Waals surface area contributed by atoms with E-state index < -0.39 is 0 Å². The van der Waals surface area contributed by atoms with E-state index in [-0.39, 0.29) is 6.04 Å². The molecule has 0 spiro atoms. The maximum atomic E-state index is 5.49. The van der Waals surface area contributed by atoms with Crippen LogP contribution in [0.5, 0.6) is 0 Å². The Kier molecular flexibility index (Phi) is 3.62. The van der Waals surface area contributed by atoms with Crippen LogP contribution in [0.4, 0.5) is 5.82 Å². The zero-order valence-corrected chi connectivity index (χ0v) is 9.30. The molecule has 0 aromatic carbocycles. The van der Waals surface area contributed by atoms with Crippen molar-refractivity contribution in [3.05, 3.63) is 16.5 Å². The molecule has 1 aromatic rings. The summed E-state index contributed by atoms with van der Waals surface area (Å²) in [4.78, 5) is 8.15. The Labute approximate surface area is 86.1 Å². The Morgan fingerprint density at radius 1 is 1.62 bits per heavy atom. The maximum absolute atomic E-state index is 5.49. The lowest BCUT2D eigenvalue weighted by Crippen LogP contribution is -2.26. The first-order chi connectivity index (χ1) is 6.15. The smallest absolute Gasteiger partial charge is 0.144 e. The second kappa shape index (κ2) is 4.53. The average molecular weight is 245 g/mol. The summed E-state index contributed by atoms with van der Waals surface area (Å²) >= 11 is 3.41. The van der Waals surface area contributed by atoms with Crippen molar-refractivity contribution < 1.29 is 0 Å². The molecule has 0 bridgehead atoms. The molecule has 0 aliphatic heterocycles. The largest absolute Gasteiger partial charge is 0.365 e. The van der Waals surface area contributed by atoms with E-state index >= 15 is 0 Å². The van der Waals surface area contributed by atoms with E-state index in [0.717, 1.165) is 16.0 Å². The highest BCUT2D eigenvalue weighted by Crippen LogP contribution is 2.21. The summed E-state index contributed by atoms with van der Waals surface area (Å²) in [6.07, 6.45) is 1.53. The summed E-state index contributed by atoms with van der Waals surface area (Å²) in [7, 11) is 0. The summed E-state index contributed by atoms with van der Waals surface area (Å²) in [5.74, 6) is 0.797. The van der Waals surface area contributed by atoms with E-state index in [4.69, 9.17) is 5.73 Å². The standard InChI is InChI=1S/C8H13BrN4/c1-5(3-10)13-8-7(9)6(2)11-4-12-8/h4-5H,3,10H2,1-2H3,(H,11,12,13). The molecule has 3 N–H and O–H groups in total. The van der Waals surface area contributed by atoms with E-state index in [1.54, 1.807) is 0 Å². The van der Waals surface area contributed by atoms with Crippen molar-refractivity contribution >= 4 is 21.7 Å². The van der Waals surface area contributed by atoms with Gasteiger partial charge in [0.1, 0.15) is 12.1 Å². The molecule has 0 radical (unpaired) electrons. The molecular weight excluding hydrogens is 232 g/mol. The minimum atomic E-state index is 0.214. The van der Waals surface area contributed by atoms with Crippen LogP contribution < -0.4 is 11.1 Å². The fourth-order valence-electron chi connectivity index (χ4n) is 0.851. The highest BCUT2D eigenvalue weighted by Gasteiger charge is 2.06. The van der Waals surface area contributed by atoms with Crippen LogP contribution in [0.1, 0.15) is 12.6 Å². The summed E-state index contributed by atoms with van der Waals surface area (Å²) in [5, 5.41) is 3.18. The fraction of sp³-hybridized carbons (Fsp3) is 0.500. The number of anilines is 1. The van der Waals surface area contributed by atoms with E-state index in [1.807, 2.05) is 13.8 Å². The number of hydrogen-bond acceptors (Lipinski definition) is 4. The molecule has 5 heteroatoms. The topological polar surface area (TPSA) is 63.8 Å². The minimum Gasteiger partial charge on any atom is -0.365 e. The molecule has 0 fully saturated rings. The van der Waals surface area contributed by atoms with Gasteiger partial charge in [0.15, 0.2) is 0 Å². The quantitative estimate of drug-likeness (QED) is 0.842. The number of nitrogens with zero attached hydrogens (tertiary/aromatic N) is 2. The Morgan fingerprint density at radius 2 is 2.31 bits per heavy atom. The Hall–Kier alpha value is -0.680. The van der Waals surface area contributed by atoms with Gasteiger partial charge in [-0.05, 0) is 29.8 Å². The van der Waals surface area contributed by atoms with Gasteiger partial charge in [-0.2, -0.15) is 0 Å². The molecule has 4 nitrogen and oxygen atoms in total. The average Bonchev–Trinajstić information content (AvgIpc) is 2.13. The zero-order valence-electron chi connectivity index (χ0n) is 7.71. The normalized spacial score (nSPS) is 12.6. The molecular formula is C8H13BrN4. The molecule has 1 unspecified atom stereocenters. The van der Waals surface area contributed by atoms with Gasteiger partial charge < -0.3 is 11.1 Å². The molecule has 1 atom stereocenters. The van der Waals surface area contributed by atoms with Crippen molar-refractivity contribution in [1.82, 2.24) is 9.97 Å². The zero-order chi connectivity index (χ0) is 9.84. The molecule has 0 amide bonds. The Balaban J connectivity index is 2.83. The van der Waals surface area contributed by atoms with Gasteiger partial charge in [0.25, 0.3) is 0 Å². The van der Waals surface area contributed by atoms with Crippen LogP contribution in [0.15, 0.2) is 10.8 Å². The summed E-state index contributed by atoms with van der Waals surface area (Å²) in [5.41, 5.74) is 6.41. The van der Waals surface area contributed by atoms with Gasteiger partial charge in [-0.15, -0.1) is 0 Å². The first-order valence-electron chi connectivity index (χ1n) is 4.09. The molecule has 0 saturated heterocycles. The molecule has 13 heavy (non-hydrogen) atoms. The number of aryl methyl sites for hydroxylation is 1. The van der Waals surface area contributed by atoms with Crippen LogP contribution in [0, 0.1) is 6.92 Å². The predicted octanol–water partition coefficient (Wildman–Crippen LogP) is 1.31. The van der Waals surface area contributed by atoms with E-state index in [9.17, 15) is 0 Å². The first kappa shape index (κ1) is 10.4. The number of nitrogens with one attached hydrogen (secondary N) is 1. The predicted molar refractivity (Wildman–Crippen MR) is 56.6 cm³/mol. The fourth-order valence-corrected chi connectivity index (χ4v) is 1.17. The van der Waals surface area contributed by atoms with Crippen LogP contribution in [0.2, 0.25) is 0 Å². The van der Waals surface area contributed by atoms with Gasteiger partial charge in [0.2, 0.25) is 0 Å². The van der Waals surface area contributed by atoms with Crippen LogP contribution in [-0.4, -0.2) is 22.6 Å². The molecule has 0 aliphatic carbocycles. The highest BCUT2D eigenvalue weighted by molar-refractivity contribution is 9.10. The second-order valence-electron chi connectivity index (χ2n) is 2.90. The van der Waals surface area contributed by atoms with Crippen LogP contribution in [0.25, 0.3) is 0 Å². The van der Waals surface area contributed by atoms with Crippen LogP contribution >= 0.6 is 15.9 Å². The number of halogens is 1. The molecule has 1 aromatic heterocycles. The number of rotatable bonds is 3. The van der Waals surface area contributed by atoms with Gasteiger partial charge in [-0.25, -0.2) is 9.97 Å². The minimum absolute atomic E-state index is 0.214. The highest BCUT2D eigenvalue weighted by atomic mass is 79.9. The maximum Gasteiger partial charge on any atom is 0.144 e. The monoisotopic (exact) mass is 244 g/mol. The first-order valence-corrected chi connectivity index (χ1v) is 4.88. The lowest BCUT2D eigenvalue weighted by atomic mass is 10.3. The molecule has 0 saturated carbocycles. The van der Waals surface area contributed by atoms with Gasteiger partial charge in [-0.1, -0.05) is 0 Å². The van der Waals surface area contributed by atoms with E-state index in [2.05, 4.69) is 31.2 Å². The van der Waals surface area contributed by atoms with Gasteiger partial charge in [0, 0.05) is 12.6 Å². The van der Waals surface area contributed by atoms with Gasteiger partial charge in [0.05, 0.1) is 10.2 Å². The van der Waals surface area contributed by atoms with Crippen molar-refractivity contribution in [2.24, 2.45) is 5.73 Å². The molecule has 0 aliphatic rings. The summed E-state index contributed by atoms with van der Waals surface area (Å²) in [6, 6.07) is 0.214. The third kappa shape index (κ3) is 2.63. The number of aromatic nitrogens is 2. The van der Waals surface area contributed by atoms with Crippen molar-refractivity contribution in [3.63, 3.8) is 0 Å². The van der Waals surface area contributed by atoms with Crippen molar-refractivity contribution in [2.45, 2.75) is 19.9 Å². The summed E-state index contributed by atoms with van der Waals surface area (Å²) < 4.78 is 0.898. The molecule has 1 heterocycles. The third-order valence-electron chi connectivity index (χ3n) is 1.70.